The zero-order valence-corrected chi connectivity index (χ0v) is 46.4. The van der Waals surface area contributed by atoms with Crippen LogP contribution in [0, 0.1) is 23.2 Å². The monoisotopic (exact) mass is 1090 g/mol. The number of epoxide rings is 1. The van der Waals surface area contributed by atoms with E-state index < -0.39 is 89.4 Å². The second kappa shape index (κ2) is 25.9. The number of halogens is 1. The van der Waals surface area contributed by atoms with Crippen molar-refractivity contribution in [3.63, 3.8) is 0 Å². The van der Waals surface area contributed by atoms with Gasteiger partial charge in [-0.3, -0.25) is 24.0 Å². The first-order chi connectivity index (χ1) is 37.1. The fraction of sp³-hybridized carbons (Fsp3) is 0.450. The summed E-state index contributed by atoms with van der Waals surface area (Å²) in [5, 5.41) is 14.2. The summed E-state index contributed by atoms with van der Waals surface area (Å²) >= 11 is 6.38. The van der Waals surface area contributed by atoms with Crippen LogP contribution in [0.4, 0.5) is 4.79 Å². The number of hydrogen-bond acceptors (Lipinski definition) is 12. The van der Waals surface area contributed by atoms with Crippen LogP contribution < -0.4 is 31.3 Å². The Kier molecular flexibility index (Phi) is 19.4. The number of ether oxygens (including phenoxy) is 5. The van der Waals surface area contributed by atoms with E-state index in [4.69, 9.17) is 35.3 Å². The first kappa shape index (κ1) is 58.4. The molecule has 8 atom stereocenters. The third-order valence-electron chi connectivity index (χ3n) is 14.4. The van der Waals surface area contributed by atoms with Crippen LogP contribution in [0.1, 0.15) is 108 Å². The molecule has 1 unspecified atom stereocenters. The predicted molar refractivity (Wildman–Crippen MR) is 293 cm³/mol. The number of cyclic esters (lactones) is 2. The van der Waals surface area contributed by atoms with E-state index in [1.54, 1.807) is 58.9 Å². The van der Waals surface area contributed by atoms with Crippen molar-refractivity contribution in [1.82, 2.24) is 26.6 Å². The van der Waals surface area contributed by atoms with Crippen molar-refractivity contribution in [1.29, 1.82) is 0 Å². The standard InChI is InChI=1S/C60H72ClN5O12/c1-33(2)27-49-57(71)76-47(19-14-20-50(67)65-46(29-38-23-26-48(74-9)45(61)28-38)55(69)63-32-60(7,8)58(72)77-49)35(5)52-53(78-52)39-24-21-37(22-25-39)30-62-54(68)36(6)64-56(70)51(34(3)4)66-59(73)75-31-44-42-17-12-10-15-40(42)41-16-11-13-18-43(41)44/h10-18,20-26,28,33-36,44,46-47,49,51-53H,19,27,29-32H2,1-9H3,(H,62,68)(H,63,69)(H,64,70)(H,65,67)(H,66,73)/b20-14+/t35?,36-,46+,47-,49-,51-,52-,53+/m0/s1. The molecule has 416 valence electrons. The molecule has 2 heterocycles. The van der Waals surface area contributed by atoms with Gasteiger partial charge in [0.15, 0.2) is 6.10 Å². The molecule has 5 amide bonds. The Bertz CT molecular complexity index is 2820. The minimum atomic E-state index is -1.27. The predicted octanol–water partition coefficient (Wildman–Crippen LogP) is 7.81. The smallest absolute Gasteiger partial charge is 0.407 e. The largest absolute Gasteiger partial charge is 0.495 e. The number of amides is 5. The lowest BCUT2D eigenvalue weighted by Gasteiger charge is -2.29. The number of esters is 2. The highest BCUT2D eigenvalue weighted by Crippen LogP contribution is 2.46. The maximum Gasteiger partial charge on any atom is 0.407 e. The van der Waals surface area contributed by atoms with E-state index in [1.165, 1.54) is 13.2 Å². The minimum Gasteiger partial charge on any atom is -0.495 e. The molecule has 7 rings (SSSR count). The van der Waals surface area contributed by atoms with E-state index in [9.17, 15) is 33.6 Å². The number of carbonyl (C=O) groups is 7. The summed E-state index contributed by atoms with van der Waals surface area (Å²) in [5.74, 6) is -3.96. The van der Waals surface area contributed by atoms with Crippen LogP contribution in [0.5, 0.6) is 5.75 Å². The van der Waals surface area contributed by atoms with Crippen molar-refractivity contribution < 1.29 is 57.2 Å². The van der Waals surface area contributed by atoms with Crippen LogP contribution >= 0.6 is 11.6 Å². The molecule has 1 aliphatic carbocycles. The van der Waals surface area contributed by atoms with Crippen molar-refractivity contribution in [3.8, 4) is 16.9 Å². The Labute approximate surface area is 461 Å². The maximum atomic E-state index is 14.0. The molecule has 17 nitrogen and oxygen atoms in total. The zero-order chi connectivity index (χ0) is 56.4. The average molecular weight is 1090 g/mol. The van der Waals surface area contributed by atoms with E-state index in [0.29, 0.717) is 16.3 Å². The van der Waals surface area contributed by atoms with Gasteiger partial charge >= 0.3 is 18.0 Å². The lowest BCUT2D eigenvalue weighted by Crippen LogP contribution is -2.54. The molecule has 1 saturated heterocycles. The molecule has 0 saturated carbocycles. The van der Waals surface area contributed by atoms with E-state index in [-0.39, 0.29) is 62.8 Å². The third kappa shape index (κ3) is 14.9. The van der Waals surface area contributed by atoms with Crippen molar-refractivity contribution in [2.75, 3.05) is 20.3 Å². The molecule has 4 aromatic rings. The van der Waals surface area contributed by atoms with Crippen molar-refractivity contribution in [2.24, 2.45) is 23.2 Å². The van der Waals surface area contributed by atoms with E-state index >= 15 is 0 Å². The van der Waals surface area contributed by atoms with Gasteiger partial charge < -0.3 is 50.3 Å². The summed E-state index contributed by atoms with van der Waals surface area (Å²) in [6, 6.07) is 25.6. The lowest BCUT2D eigenvalue weighted by molar-refractivity contribution is -0.179. The molecule has 78 heavy (non-hydrogen) atoms. The topological polar surface area (TPSA) is 229 Å². The molecule has 1 fully saturated rings. The molecule has 4 aromatic carbocycles. The fourth-order valence-electron chi connectivity index (χ4n) is 9.66. The maximum absolute atomic E-state index is 14.0. The highest BCUT2D eigenvalue weighted by Gasteiger charge is 2.48. The van der Waals surface area contributed by atoms with Gasteiger partial charge in [0.05, 0.1) is 23.7 Å². The second-order valence-electron chi connectivity index (χ2n) is 21.7. The highest BCUT2D eigenvalue weighted by molar-refractivity contribution is 6.32. The number of fused-ring (bicyclic) bond motifs is 3. The Balaban J connectivity index is 0.941. The molecular formula is C60H72ClN5O12. The molecule has 0 spiro atoms. The van der Waals surface area contributed by atoms with Gasteiger partial charge in [0.25, 0.3) is 0 Å². The van der Waals surface area contributed by atoms with Crippen LogP contribution in [0.2, 0.25) is 5.02 Å². The lowest BCUT2D eigenvalue weighted by atomic mass is 9.92. The van der Waals surface area contributed by atoms with Crippen LogP contribution in [0.15, 0.2) is 103 Å². The number of hydrogen-bond donors (Lipinski definition) is 5. The SMILES string of the molecule is COc1ccc(C[C@H]2NC(=O)/C=C/C[C@@H](C(C)[C@@H]3O[C@@H]3c3ccc(CNC(=O)[C@H](C)NC(=O)[C@@H](NC(=O)OCC4c5ccccc5-c5ccccc54)C(C)C)cc3)OC(=O)[C@H](CC(C)C)OC(=O)C(C)(C)CNC2=O)cc1Cl. The van der Waals surface area contributed by atoms with E-state index in [0.717, 1.165) is 33.4 Å². The van der Waals surface area contributed by atoms with Gasteiger partial charge in [-0.1, -0.05) is 131 Å². The number of rotatable bonds is 17. The van der Waals surface area contributed by atoms with Crippen LogP contribution in [0.3, 0.4) is 0 Å². The fourth-order valence-corrected chi connectivity index (χ4v) is 9.94. The van der Waals surface area contributed by atoms with Crippen molar-refractivity contribution in [2.45, 2.75) is 130 Å². The Hall–Kier alpha value is -7.24. The molecule has 0 bridgehead atoms. The number of carbonyl (C=O) groups excluding carboxylic acids is 7. The van der Waals surface area contributed by atoms with Gasteiger partial charge in [-0.2, -0.15) is 0 Å². The van der Waals surface area contributed by atoms with Crippen molar-refractivity contribution in [3.05, 3.63) is 136 Å². The summed E-state index contributed by atoms with van der Waals surface area (Å²) in [6.45, 7) is 14.1. The third-order valence-corrected chi connectivity index (χ3v) is 14.7. The van der Waals surface area contributed by atoms with Gasteiger partial charge in [-0.25, -0.2) is 9.59 Å². The zero-order valence-electron chi connectivity index (χ0n) is 45.7. The van der Waals surface area contributed by atoms with Crippen LogP contribution in [0.25, 0.3) is 11.1 Å². The summed E-state index contributed by atoms with van der Waals surface area (Å²) in [4.78, 5) is 94.6. The highest BCUT2D eigenvalue weighted by atomic mass is 35.5. The summed E-state index contributed by atoms with van der Waals surface area (Å²) in [5.41, 5.74) is 5.36. The van der Waals surface area contributed by atoms with Crippen molar-refractivity contribution >= 4 is 53.3 Å². The van der Waals surface area contributed by atoms with Gasteiger partial charge in [0.1, 0.15) is 42.7 Å². The van der Waals surface area contributed by atoms with E-state index in [1.807, 2.05) is 81.4 Å². The van der Waals surface area contributed by atoms with Crippen LogP contribution in [-0.4, -0.2) is 98.4 Å². The number of methoxy groups -OCH3 is 1. The molecule has 18 heteroatoms. The summed E-state index contributed by atoms with van der Waals surface area (Å²) in [7, 11) is 1.49. The molecule has 5 N–H and O–H groups in total. The first-order valence-electron chi connectivity index (χ1n) is 26.6. The Morgan fingerprint density at radius 2 is 1.47 bits per heavy atom. The quantitative estimate of drug-likeness (QED) is 0.0388. The normalized spacial score (nSPS) is 22.0. The Morgan fingerprint density at radius 3 is 2.10 bits per heavy atom. The molecule has 0 radical (unpaired) electrons. The molecular weight excluding hydrogens is 1020 g/mol. The number of alkyl carbamates (subject to hydrolysis) is 1. The summed E-state index contributed by atoms with van der Waals surface area (Å²) in [6.07, 6.45) is -0.329. The number of nitrogens with one attached hydrogen (secondary N) is 5. The molecule has 0 aromatic heterocycles. The van der Waals surface area contributed by atoms with Gasteiger partial charge in [0.2, 0.25) is 23.6 Å². The Morgan fingerprint density at radius 1 is 0.821 bits per heavy atom. The van der Waals surface area contributed by atoms with Crippen LogP contribution in [-0.2, 0) is 60.7 Å². The van der Waals surface area contributed by atoms with Gasteiger partial charge in [-0.15, -0.1) is 0 Å². The minimum absolute atomic E-state index is 0.0528. The van der Waals surface area contributed by atoms with Gasteiger partial charge in [0, 0.05) is 37.8 Å². The summed E-state index contributed by atoms with van der Waals surface area (Å²) < 4.78 is 29.2. The number of benzene rings is 4. The molecule has 2 aliphatic heterocycles. The van der Waals surface area contributed by atoms with Gasteiger partial charge in [-0.05, 0) is 96.2 Å². The molecule has 3 aliphatic rings. The average Bonchev–Trinajstić information content (AvgIpc) is 4.20. The second-order valence-corrected chi connectivity index (χ2v) is 22.1. The first-order valence-corrected chi connectivity index (χ1v) is 26.9. The van der Waals surface area contributed by atoms with E-state index in [2.05, 4.69) is 38.7 Å².